The molecule has 5 nitrogen and oxygen atoms in total. The number of carboxylic acids is 1. The number of carbonyl (C=O) groups is 2. The van der Waals surface area contributed by atoms with Gasteiger partial charge in [-0.15, -0.1) is 0 Å². The molecule has 2 unspecified atom stereocenters. The Hall–Kier alpha value is -2.04. The van der Waals surface area contributed by atoms with Gasteiger partial charge in [0, 0.05) is 0 Å². The molecule has 2 atom stereocenters. The molecule has 0 saturated carbocycles. The van der Waals surface area contributed by atoms with Crippen LogP contribution in [-0.2, 0) is 9.59 Å². The lowest BCUT2D eigenvalue weighted by Crippen LogP contribution is -2.42. The van der Waals surface area contributed by atoms with Crippen molar-refractivity contribution < 1.29 is 19.4 Å². The number of carboxylic acid groups (broad SMARTS) is 1. The average molecular weight is 279 g/mol. The first-order valence-corrected chi connectivity index (χ1v) is 6.66. The minimum Gasteiger partial charge on any atom is -0.497 e. The Morgan fingerprint density at radius 1 is 1.40 bits per heavy atom. The van der Waals surface area contributed by atoms with Crippen molar-refractivity contribution in [3.63, 3.8) is 0 Å². The SMILES string of the molecule is CCCC(NC(=O)C(C)c1cccc(OC)c1)C(=O)O. The molecule has 0 saturated heterocycles. The second-order valence-corrected chi connectivity index (χ2v) is 4.69. The molecule has 0 heterocycles. The number of methoxy groups -OCH3 is 1. The molecule has 0 spiro atoms. The van der Waals surface area contributed by atoms with E-state index in [0.29, 0.717) is 18.6 Å². The van der Waals surface area contributed by atoms with Gasteiger partial charge in [0.1, 0.15) is 11.8 Å². The first-order chi connectivity index (χ1) is 9.49. The van der Waals surface area contributed by atoms with Crippen LogP contribution in [0.15, 0.2) is 24.3 Å². The van der Waals surface area contributed by atoms with Crippen LogP contribution < -0.4 is 10.1 Å². The standard InChI is InChI=1S/C15H21NO4/c1-4-6-13(15(18)19)16-14(17)10(2)11-7-5-8-12(9-11)20-3/h5,7-10,13H,4,6H2,1-3H3,(H,16,17)(H,18,19). The van der Waals surface area contributed by atoms with Crippen LogP contribution in [-0.4, -0.2) is 30.1 Å². The minimum atomic E-state index is -1.00. The third kappa shape index (κ3) is 4.26. The number of hydrogen-bond donors (Lipinski definition) is 2. The van der Waals surface area contributed by atoms with Gasteiger partial charge < -0.3 is 15.2 Å². The lowest BCUT2D eigenvalue weighted by atomic mass is 9.99. The number of nitrogens with one attached hydrogen (secondary N) is 1. The van der Waals surface area contributed by atoms with Crippen LogP contribution in [0.25, 0.3) is 0 Å². The molecule has 1 rings (SSSR count). The molecule has 0 fully saturated rings. The second kappa shape index (κ2) is 7.53. The lowest BCUT2D eigenvalue weighted by molar-refractivity contribution is -0.142. The monoisotopic (exact) mass is 279 g/mol. The van der Waals surface area contributed by atoms with Crippen LogP contribution in [0.3, 0.4) is 0 Å². The number of benzene rings is 1. The van der Waals surface area contributed by atoms with Gasteiger partial charge in [0.15, 0.2) is 0 Å². The summed E-state index contributed by atoms with van der Waals surface area (Å²) in [6.45, 7) is 3.63. The van der Waals surface area contributed by atoms with Gasteiger partial charge in [-0.1, -0.05) is 25.5 Å². The zero-order chi connectivity index (χ0) is 15.1. The zero-order valence-corrected chi connectivity index (χ0v) is 12.1. The highest BCUT2D eigenvalue weighted by atomic mass is 16.5. The molecule has 0 aliphatic heterocycles. The topological polar surface area (TPSA) is 75.6 Å². The van der Waals surface area contributed by atoms with Gasteiger partial charge in [-0.3, -0.25) is 4.79 Å². The second-order valence-electron chi connectivity index (χ2n) is 4.69. The number of carbonyl (C=O) groups excluding carboxylic acids is 1. The normalized spacial score (nSPS) is 13.3. The van der Waals surface area contributed by atoms with E-state index in [0.717, 1.165) is 5.56 Å². The average Bonchev–Trinajstić information content (AvgIpc) is 2.45. The quantitative estimate of drug-likeness (QED) is 0.802. The summed E-state index contributed by atoms with van der Waals surface area (Å²) in [6, 6.07) is 6.37. The Morgan fingerprint density at radius 2 is 2.10 bits per heavy atom. The predicted octanol–water partition coefficient (Wildman–Crippen LogP) is 2.17. The van der Waals surface area contributed by atoms with E-state index in [1.165, 1.54) is 0 Å². The largest absolute Gasteiger partial charge is 0.497 e. The zero-order valence-electron chi connectivity index (χ0n) is 12.1. The van der Waals surface area contributed by atoms with Gasteiger partial charge >= 0.3 is 5.97 Å². The first-order valence-electron chi connectivity index (χ1n) is 6.66. The minimum absolute atomic E-state index is 0.292. The summed E-state index contributed by atoms with van der Waals surface area (Å²) in [5.74, 6) is -1.05. The van der Waals surface area contributed by atoms with Crippen LogP contribution in [0, 0.1) is 0 Å². The first kappa shape index (κ1) is 16.0. The Balaban J connectivity index is 2.77. The Bertz CT molecular complexity index is 473. The van der Waals surface area contributed by atoms with E-state index in [2.05, 4.69) is 5.32 Å². The highest BCUT2D eigenvalue weighted by Crippen LogP contribution is 2.21. The van der Waals surface area contributed by atoms with Crippen molar-refractivity contribution in [2.24, 2.45) is 0 Å². The third-order valence-corrected chi connectivity index (χ3v) is 3.18. The van der Waals surface area contributed by atoms with Gasteiger partial charge in [-0.05, 0) is 31.0 Å². The van der Waals surface area contributed by atoms with E-state index in [4.69, 9.17) is 9.84 Å². The van der Waals surface area contributed by atoms with Crippen LogP contribution in [0.1, 0.15) is 38.2 Å². The highest BCUT2D eigenvalue weighted by Gasteiger charge is 2.23. The van der Waals surface area contributed by atoms with Crippen molar-refractivity contribution in [1.82, 2.24) is 5.32 Å². The van der Waals surface area contributed by atoms with Crippen LogP contribution in [0.4, 0.5) is 0 Å². The summed E-state index contributed by atoms with van der Waals surface area (Å²) in [4.78, 5) is 23.2. The van der Waals surface area contributed by atoms with E-state index in [-0.39, 0.29) is 5.91 Å². The summed E-state index contributed by atoms with van der Waals surface area (Å²) in [5.41, 5.74) is 0.794. The van der Waals surface area contributed by atoms with Crippen molar-refractivity contribution in [2.75, 3.05) is 7.11 Å². The van der Waals surface area contributed by atoms with E-state index >= 15 is 0 Å². The molecule has 0 aliphatic rings. The van der Waals surface area contributed by atoms with E-state index in [1.54, 1.807) is 32.2 Å². The van der Waals surface area contributed by atoms with Gasteiger partial charge in [-0.2, -0.15) is 0 Å². The molecule has 5 heteroatoms. The molecule has 1 aromatic carbocycles. The van der Waals surface area contributed by atoms with Gasteiger partial charge in [0.2, 0.25) is 5.91 Å². The molecular weight excluding hydrogens is 258 g/mol. The smallest absolute Gasteiger partial charge is 0.326 e. The molecule has 0 aromatic heterocycles. The molecular formula is C15H21NO4. The van der Waals surface area contributed by atoms with Crippen molar-refractivity contribution in [3.05, 3.63) is 29.8 Å². The molecule has 0 radical (unpaired) electrons. The van der Waals surface area contributed by atoms with Crippen LogP contribution in [0.2, 0.25) is 0 Å². The van der Waals surface area contributed by atoms with E-state index in [9.17, 15) is 9.59 Å². The molecule has 0 aliphatic carbocycles. The number of hydrogen-bond acceptors (Lipinski definition) is 3. The molecule has 1 aromatic rings. The van der Waals surface area contributed by atoms with E-state index < -0.39 is 17.9 Å². The number of amides is 1. The number of aliphatic carboxylic acids is 1. The number of rotatable bonds is 7. The summed E-state index contributed by atoms with van der Waals surface area (Å²) in [5, 5.41) is 11.6. The van der Waals surface area contributed by atoms with Gasteiger partial charge in [-0.25, -0.2) is 4.79 Å². The van der Waals surface area contributed by atoms with E-state index in [1.807, 2.05) is 13.0 Å². The maximum atomic E-state index is 12.1. The fraction of sp³-hybridized carbons (Fsp3) is 0.467. The molecule has 1 amide bonds. The number of ether oxygens (including phenoxy) is 1. The van der Waals surface area contributed by atoms with Gasteiger partial charge in [0.25, 0.3) is 0 Å². The molecule has 110 valence electrons. The predicted molar refractivity (Wildman–Crippen MR) is 75.9 cm³/mol. The summed E-state index contributed by atoms with van der Waals surface area (Å²) < 4.78 is 5.12. The van der Waals surface area contributed by atoms with Crippen molar-refractivity contribution >= 4 is 11.9 Å². The van der Waals surface area contributed by atoms with Crippen LogP contribution >= 0.6 is 0 Å². The maximum absolute atomic E-state index is 12.1. The Labute approximate surface area is 118 Å². The molecule has 0 bridgehead atoms. The summed E-state index contributed by atoms with van der Waals surface area (Å²) in [6.07, 6.45) is 1.12. The summed E-state index contributed by atoms with van der Waals surface area (Å²) >= 11 is 0. The van der Waals surface area contributed by atoms with Crippen molar-refractivity contribution in [2.45, 2.75) is 38.6 Å². The molecule has 2 N–H and O–H groups in total. The Kier molecular flexibility index (Phi) is 6.03. The van der Waals surface area contributed by atoms with Crippen LogP contribution in [0.5, 0.6) is 5.75 Å². The summed E-state index contributed by atoms with van der Waals surface area (Å²) in [7, 11) is 1.56. The maximum Gasteiger partial charge on any atom is 0.326 e. The highest BCUT2D eigenvalue weighted by molar-refractivity contribution is 5.87. The van der Waals surface area contributed by atoms with Crippen molar-refractivity contribution in [3.8, 4) is 5.75 Å². The Morgan fingerprint density at radius 3 is 2.65 bits per heavy atom. The fourth-order valence-corrected chi connectivity index (χ4v) is 1.91. The lowest BCUT2D eigenvalue weighted by Gasteiger charge is -2.18. The fourth-order valence-electron chi connectivity index (χ4n) is 1.91. The third-order valence-electron chi connectivity index (χ3n) is 3.18. The van der Waals surface area contributed by atoms with Gasteiger partial charge in [0.05, 0.1) is 13.0 Å². The van der Waals surface area contributed by atoms with Crippen molar-refractivity contribution in [1.29, 1.82) is 0 Å². The molecule has 20 heavy (non-hydrogen) atoms.